The van der Waals surface area contributed by atoms with Crippen LogP contribution in [0, 0.1) is 12.3 Å². The SMILES string of the molecule is Cc1ccc2oc(CC(C)(C)C(=O)O)nc2c1. The van der Waals surface area contributed by atoms with Gasteiger partial charge in [-0.05, 0) is 38.5 Å². The molecule has 4 heteroatoms. The van der Waals surface area contributed by atoms with Gasteiger partial charge in [0.15, 0.2) is 11.5 Å². The molecule has 0 saturated heterocycles. The fraction of sp³-hybridized carbons (Fsp3) is 0.385. The van der Waals surface area contributed by atoms with E-state index in [9.17, 15) is 4.79 Å². The van der Waals surface area contributed by atoms with Gasteiger partial charge in [0, 0.05) is 6.42 Å². The number of oxazole rings is 1. The van der Waals surface area contributed by atoms with Crippen molar-refractivity contribution in [1.82, 2.24) is 4.98 Å². The fourth-order valence-electron chi connectivity index (χ4n) is 1.61. The molecule has 0 spiro atoms. The lowest BCUT2D eigenvalue weighted by molar-refractivity contribution is -0.147. The second kappa shape index (κ2) is 3.87. The lowest BCUT2D eigenvalue weighted by Gasteiger charge is -2.15. The average Bonchev–Trinajstić information content (AvgIpc) is 2.57. The van der Waals surface area contributed by atoms with Crippen LogP contribution in [0.5, 0.6) is 0 Å². The molecule has 17 heavy (non-hydrogen) atoms. The van der Waals surface area contributed by atoms with Crippen LogP contribution in [-0.4, -0.2) is 16.1 Å². The monoisotopic (exact) mass is 233 g/mol. The van der Waals surface area contributed by atoms with E-state index in [1.165, 1.54) is 0 Å². The highest BCUT2D eigenvalue weighted by molar-refractivity contribution is 5.75. The third kappa shape index (κ3) is 2.30. The highest BCUT2D eigenvalue weighted by Crippen LogP contribution is 2.24. The molecule has 0 bridgehead atoms. The first-order valence-corrected chi connectivity index (χ1v) is 5.48. The van der Waals surface area contributed by atoms with Gasteiger partial charge in [0.05, 0.1) is 5.41 Å². The molecule has 1 aromatic carbocycles. The smallest absolute Gasteiger partial charge is 0.309 e. The molecule has 0 unspecified atom stereocenters. The van der Waals surface area contributed by atoms with Crippen LogP contribution in [0.2, 0.25) is 0 Å². The molecule has 4 nitrogen and oxygen atoms in total. The molecule has 0 fully saturated rings. The number of hydrogen-bond acceptors (Lipinski definition) is 3. The van der Waals surface area contributed by atoms with Gasteiger partial charge >= 0.3 is 5.97 Å². The van der Waals surface area contributed by atoms with E-state index in [4.69, 9.17) is 9.52 Å². The van der Waals surface area contributed by atoms with Gasteiger partial charge in [-0.3, -0.25) is 4.79 Å². The Morgan fingerprint density at radius 1 is 1.47 bits per heavy atom. The van der Waals surface area contributed by atoms with Crippen LogP contribution in [-0.2, 0) is 11.2 Å². The summed E-state index contributed by atoms with van der Waals surface area (Å²) >= 11 is 0. The zero-order valence-corrected chi connectivity index (χ0v) is 10.2. The van der Waals surface area contributed by atoms with Crippen LogP contribution in [0.25, 0.3) is 11.1 Å². The number of carboxylic acids is 1. The molecule has 0 aliphatic rings. The van der Waals surface area contributed by atoms with Crippen molar-refractivity contribution in [3.63, 3.8) is 0 Å². The first kappa shape index (κ1) is 11.6. The quantitative estimate of drug-likeness (QED) is 0.885. The highest BCUT2D eigenvalue weighted by atomic mass is 16.4. The predicted octanol–water partition coefficient (Wildman–Crippen LogP) is 2.79. The van der Waals surface area contributed by atoms with Crippen molar-refractivity contribution in [2.45, 2.75) is 27.2 Å². The van der Waals surface area contributed by atoms with Crippen molar-refractivity contribution < 1.29 is 14.3 Å². The first-order chi connectivity index (χ1) is 7.88. The van der Waals surface area contributed by atoms with Gasteiger partial charge in [0.1, 0.15) is 5.52 Å². The summed E-state index contributed by atoms with van der Waals surface area (Å²) in [6.45, 7) is 5.31. The van der Waals surface area contributed by atoms with E-state index in [1.54, 1.807) is 13.8 Å². The summed E-state index contributed by atoms with van der Waals surface area (Å²) in [7, 11) is 0. The number of fused-ring (bicyclic) bond motifs is 1. The van der Waals surface area contributed by atoms with E-state index in [0.717, 1.165) is 11.1 Å². The van der Waals surface area contributed by atoms with E-state index in [2.05, 4.69) is 4.98 Å². The van der Waals surface area contributed by atoms with Crippen molar-refractivity contribution in [3.8, 4) is 0 Å². The summed E-state index contributed by atoms with van der Waals surface area (Å²) in [5.74, 6) is -0.381. The molecular formula is C13H15NO3. The minimum absolute atomic E-state index is 0.288. The number of aromatic nitrogens is 1. The fourth-order valence-corrected chi connectivity index (χ4v) is 1.61. The predicted molar refractivity (Wildman–Crippen MR) is 63.9 cm³/mol. The van der Waals surface area contributed by atoms with Crippen LogP contribution in [0.3, 0.4) is 0 Å². The lowest BCUT2D eigenvalue weighted by atomic mass is 9.90. The van der Waals surface area contributed by atoms with Crippen LogP contribution >= 0.6 is 0 Å². The second-order valence-electron chi connectivity index (χ2n) is 4.94. The molecule has 0 saturated carbocycles. The Morgan fingerprint density at radius 3 is 2.82 bits per heavy atom. The van der Waals surface area contributed by atoms with Crippen LogP contribution in [0.4, 0.5) is 0 Å². The number of aryl methyl sites for hydroxylation is 1. The van der Waals surface area contributed by atoms with Crippen molar-refractivity contribution >= 4 is 17.1 Å². The number of rotatable bonds is 3. The summed E-state index contributed by atoms with van der Waals surface area (Å²) in [4.78, 5) is 15.3. The molecule has 0 amide bonds. The third-order valence-corrected chi connectivity index (χ3v) is 2.76. The van der Waals surface area contributed by atoms with Crippen LogP contribution < -0.4 is 0 Å². The highest BCUT2D eigenvalue weighted by Gasteiger charge is 2.29. The van der Waals surface area contributed by atoms with Gasteiger partial charge in [-0.15, -0.1) is 0 Å². The minimum Gasteiger partial charge on any atom is -0.481 e. The van der Waals surface area contributed by atoms with E-state index in [-0.39, 0.29) is 6.42 Å². The van der Waals surface area contributed by atoms with Crippen molar-refractivity contribution in [2.24, 2.45) is 5.41 Å². The molecule has 0 atom stereocenters. The Bertz CT molecular complexity index is 569. The van der Waals surface area contributed by atoms with Crippen molar-refractivity contribution in [2.75, 3.05) is 0 Å². The molecule has 1 heterocycles. The number of aliphatic carboxylic acids is 1. The number of carboxylic acid groups (broad SMARTS) is 1. The van der Waals surface area contributed by atoms with Gasteiger partial charge in [-0.25, -0.2) is 4.98 Å². The molecular weight excluding hydrogens is 218 g/mol. The minimum atomic E-state index is -0.865. The maximum absolute atomic E-state index is 11.0. The van der Waals surface area contributed by atoms with Gasteiger partial charge in [-0.1, -0.05) is 6.07 Å². The van der Waals surface area contributed by atoms with Crippen LogP contribution in [0.1, 0.15) is 25.3 Å². The summed E-state index contributed by atoms with van der Waals surface area (Å²) in [6.07, 6.45) is 0.288. The third-order valence-electron chi connectivity index (χ3n) is 2.76. The number of nitrogens with zero attached hydrogens (tertiary/aromatic N) is 1. The zero-order chi connectivity index (χ0) is 12.6. The van der Waals surface area contributed by atoms with E-state index in [0.29, 0.717) is 11.5 Å². The molecule has 0 aliphatic heterocycles. The normalized spacial score (nSPS) is 11.9. The molecule has 2 rings (SSSR count). The second-order valence-corrected chi connectivity index (χ2v) is 4.94. The Kier molecular flexibility index (Phi) is 2.65. The van der Waals surface area contributed by atoms with Crippen molar-refractivity contribution in [1.29, 1.82) is 0 Å². The summed E-state index contributed by atoms with van der Waals surface area (Å²) in [6, 6.07) is 5.73. The Balaban J connectivity index is 2.34. The molecule has 1 aromatic heterocycles. The van der Waals surface area contributed by atoms with Crippen molar-refractivity contribution in [3.05, 3.63) is 29.7 Å². The Hall–Kier alpha value is -1.84. The maximum atomic E-state index is 11.0. The summed E-state index contributed by atoms with van der Waals surface area (Å²) in [5.41, 5.74) is 1.72. The summed E-state index contributed by atoms with van der Waals surface area (Å²) in [5, 5.41) is 9.05. The largest absolute Gasteiger partial charge is 0.481 e. The van der Waals surface area contributed by atoms with Crippen LogP contribution in [0.15, 0.2) is 22.6 Å². The Morgan fingerprint density at radius 2 is 2.18 bits per heavy atom. The molecule has 90 valence electrons. The maximum Gasteiger partial charge on any atom is 0.309 e. The standard InChI is InChI=1S/C13H15NO3/c1-8-4-5-10-9(6-8)14-11(17-10)7-13(2,3)12(15)16/h4-6H,7H2,1-3H3,(H,15,16). The van der Waals surface area contributed by atoms with Gasteiger partial charge < -0.3 is 9.52 Å². The Labute approximate surface area is 99.3 Å². The van der Waals surface area contributed by atoms with Gasteiger partial charge in [0.2, 0.25) is 0 Å². The van der Waals surface area contributed by atoms with E-state index < -0.39 is 11.4 Å². The number of carbonyl (C=O) groups is 1. The average molecular weight is 233 g/mol. The van der Waals surface area contributed by atoms with E-state index in [1.807, 2.05) is 25.1 Å². The van der Waals surface area contributed by atoms with Gasteiger partial charge in [-0.2, -0.15) is 0 Å². The van der Waals surface area contributed by atoms with Gasteiger partial charge in [0.25, 0.3) is 0 Å². The van der Waals surface area contributed by atoms with E-state index >= 15 is 0 Å². The summed E-state index contributed by atoms with van der Waals surface area (Å²) < 4.78 is 5.53. The molecule has 0 radical (unpaired) electrons. The topological polar surface area (TPSA) is 63.3 Å². The molecule has 0 aliphatic carbocycles. The zero-order valence-electron chi connectivity index (χ0n) is 10.2. The number of benzene rings is 1. The molecule has 2 aromatic rings. The first-order valence-electron chi connectivity index (χ1n) is 5.48. The molecule has 1 N–H and O–H groups in total. The lowest BCUT2D eigenvalue weighted by Crippen LogP contribution is -2.26. The number of hydrogen-bond donors (Lipinski definition) is 1.